The van der Waals surface area contributed by atoms with Gasteiger partial charge < -0.3 is 25.4 Å². The number of carboxylic acid groups (broad SMARTS) is 1. The minimum Gasteiger partial charge on any atom is -0.481 e. The van der Waals surface area contributed by atoms with Crippen molar-refractivity contribution >= 4 is 17.4 Å². The number of nitrogens with one attached hydrogen (secondary N) is 1. The van der Waals surface area contributed by atoms with Crippen molar-refractivity contribution in [3.05, 3.63) is 23.6 Å². The van der Waals surface area contributed by atoms with Crippen LogP contribution in [0, 0.1) is 0 Å². The van der Waals surface area contributed by atoms with Gasteiger partial charge in [-0.25, -0.2) is 0 Å². The van der Waals surface area contributed by atoms with E-state index in [1.807, 2.05) is 6.08 Å². The second-order valence-corrected chi connectivity index (χ2v) is 6.90. The van der Waals surface area contributed by atoms with Crippen molar-refractivity contribution in [1.82, 2.24) is 10.5 Å². The van der Waals surface area contributed by atoms with E-state index in [4.69, 9.17) is 20.1 Å². The molecule has 0 unspecified atom stereocenters. The van der Waals surface area contributed by atoms with Gasteiger partial charge in [0.1, 0.15) is 11.5 Å². The highest BCUT2D eigenvalue weighted by Gasteiger charge is 2.34. The summed E-state index contributed by atoms with van der Waals surface area (Å²) in [7, 11) is 0. The maximum Gasteiger partial charge on any atom is 0.303 e. The van der Waals surface area contributed by atoms with Gasteiger partial charge in [0, 0.05) is 25.5 Å². The third-order valence-corrected chi connectivity index (χ3v) is 4.74. The summed E-state index contributed by atoms with van der Waals surface area (Å²) in [6.45, 7) is 5.58. The molecule has 8 heteroatoms. The van der Waals surface area contributed by atoms with E-state index < -0.39 is 5.97 Å². The first-order chi connectivity index (χ1) is 12.8. The normalized spacial score (nSPS) is 22.6. The van der Waals surface area contributed by atoms with Gasteiger partial charge in [-0.15, -0.1) is 0 Å². The molecule has 0 aliphatic heterocycles. The number of ether oxygens (including phenoxy) is 1. The highest BCUT2D eigenvalue weighted by Crippen LogP contribution is 2.29. The first kappa shape index (κ1) is 21.1. The van der Waals surface area contributed by atoms with E-state index >= 15 is 0 Å². The molecular formula is C19H29N3O5. The molecule has 0 saturated carbocycles. The van der Waals surface area contributed by atoms with Gasteiger partial charge in [0.25, 0.3) is 0 Å². The van der Waals surface area contributed by atoms with Crippen LogP contribution in [0.2, 0.25) is 0 Å². The second kappa shape index (κ2) is 9.66. The fraction of sp³-hybridized carbons (Fsp3) is 0.632. The van der Waals surface area contributed by atoms with Crippen LogP contribution in [-0.2, 0) is 20.7 Å². The summed E-state index contributed by atoms with van der Waals surface area (Å²) in [5.41, 5.74) is 7.85. The van der Waals surface area contributed by atoms with Crippen molar-refractivity contribution < 1.29 is 24.0 Å². The highest BCUT2D eigenvalue weighted by molar-refractivity contribution is 5.74. The Labute approximate surface area is 159 Å². The molecule has 8 nitrogen and oxygen atoms in total. The molecule has 3 atom stereocenters. The molecule has 150 valence electrons. The molecule has 1 aromatic rings. The van der Waals surface area contributed by atoms with Gasteiger partial charge in [0.15, 0.2) is 0 Å². The highest BCUT2D eigenvalue weighted by atomic mass is 16.5. The van der Waals surface area contributed by atoms with Crippen LogP contribution in [0.1, 0.15) is 57.9 Å². The Morgan fingerprint density at radius 1 is 1.44 bits per heavy atom. The molecule has 1 aromatic heterocycles. The van der Waals surface area contributed by atoms with Crippen molar-refractivity contribution in [1.29, 1.82) is 0 Å². The number of carbonyl (C=O) groups excluding carboxylic acids is 1. The van der Waals surface area contributed by atoms with Gasteiger partial charge in [-0.2, -0.15) is 0 Å². The minimum absolute atomic E-state index is 0.0157. The summed E-state index contributed by atoms with van der Waals surface area (Å²) >= 11 is 0. The van der Waals surface area contributed by atoms with E-state index in [0.29, 0.717) is 17.9 Å². The maximum atomic E-state index is 11.6. The van der Waals surface area contributed by atoms with Crippen LogP contribution in [-0.4, -0.2) is 46.4 Å². The van der Waals surface area contributed by atoms with Crippen LogP contribution in [0.25, 0.3) is 5.57 Å². The van der Waals surface area contributed by atoms with Crippen LogP contribution < -0.4 is 11.1 Å². The van der Waals surface area contributed by atoms with E-state index in [1.54, 1.807) is 6.07 Å². The van der Waals surface area contributed by atoms with Gasteiger partial charge in [0.05, 0.1) is 24.7 Å². The lowest BCUT2D eigenvalue weighted by molar-refractivity contribution is -0.137. The number of rotatable bonds is 9. The van der Waals surface area contributed by atoms with Gasteiger partial charge >= 0.3 is 5.97 Å². The Bertz CT molecular complexity index is 681. The zero-order chi connectivity index (χ0) is 20.0. The number of aryl methyl sites for hydroxylation is 1. The Kier molecular flexibility index (Phi) is 7.55. The lowest BCUT2D eigenvalue weighted by atomic mass is 9.86. The van der Waals surface area contributed by atoms with Crippen LogP contribution in [0.5, 0.6) is 0 Å². The monoisotopic (exact) mass is 379 g/mol. The van der Waals surface area contributed by atoms with Crippen LogP contribution in [0.15, 0.2) is 16.7 Å². The number of aliphatic carboxylic acids is 1. The SMILES string of the molecule is CCC(CC)O[C@@H]1C=C(c2cc(CCC(=O)O)on2)C[C@H](N)[C@H]1NC(C)=O. The summed E-state index contributed by atoms with van der Waals surface area (Å²) in [6, 6.07) is 1.10. The molecule has 2 rings (SSSR count). The number of nitrogens with two attached hydrogens (primary N) is 1. The van der Waals surface area contributed by atoms with Crippen LogP contribution in [0.4, 0.5) is 0 Å². The topological polar surface area (TPSA) is 128 Å². The molecule has 0 radical (unpaired) electrons. The van der Waals surface area contributed by atoms with Crippen molar-refractivity contribution in [3.63, 3.8) is 0 Å². The smallest absolute Gasteiger partial charge is 0.303 e. The van der Waals surface area contributed by atoms with E-state index in [2.05, 4.69) is 24.3 Å². The van der Waals surface area contributed by atoms with Gasteiger partial charge in [0.2, 0.25) is 5.91 Å². The molecule has 0 spiro atoms. The fourth-order valence-electron chi connectivity index (χ4n) is 3.25. The standard InChI is InChI=1S/C19H29N3O5/c1-4-13(5-2)26-17-9-12(8-15(20)19(17)21-11(3)23)16-10-14(27-22-16)6-7-18(24)25/h9-10,13,15,17,19H,4-8,20H2,1-3H3,(H,21,23)(H,24,25)/t15-,17+,19+/m0/s1. The predicted octanol–water partition coefficient (Wildman–Crippen LogP) is 1.88. The lowest BCUT2D eigenvalue weighted by Crippen LogP contribution is -2.56. The third-order valence-electron chi connectivity index (χ3n) is 4.74. The Morgan fingerprint density at radius 2 is 2.15 bits per heavy atom. The van der Waals surface area contributed by atoms with Gasteiger partial charge in [-0.1, -0.05) is 19.0 Å². The Morgan fingerprint density at radius 3 is 2.74 bits per heavy atom. The number of aromatic nitrogens is 1. The van der Waals surface area contributed by atoms with Crippen molar-refractivity contribution in [2.24, 2.45) is 5.73 Å². The van der Waals surface area contributed by atoms with E-state index in [0.717, 1.165) is 18.4 Å². The number of hydrogen-bond donors (Lipinski definition) is 3. The molecule has 27 heavy (non-hydrogen) atoms. The molecule has 1 heterocycles. The molecular weight excluding hydrogens is 350 g/mol. The first-order valence-electron chi connectivity index (χ1n) is 9.40. The number of carboxylic acids is 1. The quantitative estimate of drug-likeness (QED) is 0.597. The number of nitrogens with zero attached hydrogens (tertiary/aromatic N) is 1. The predicted molar refractivity (Wildman–Crippen MR) is 99.9 cm³/mol. The van der Waals surface area contributed by atoms with Crippen LogP contribution in [0.3, 0.4) is 0 Å². The summed E-state index contributed by atoms with van der Waals surface area (Å²) in [5.74, 6) is -0.519. The van der Waals surface area contributed by atoms with Gasteiger partial charge in [-0.05, 0) is 30.9 Å². The average molecular weight is 379 g/mol. The second-order valence-electron chi connectivity index (χ2n) is 6.90. The summed E-state index contributed by atoms with van der Waals surface area (Å²) in [4.78, 5) is 22.3. The molecule has 1 aliphatic rings. The number of carbonyl (C=O) groups is 2. The van der Waals surface area contributed by atoms with Crippen LogP contribution >= 0.6 is 0 Å². The molecule has 1 aliphatic carbocycles. The molecule has 0 saturated heterocycles. The van der Waals surface area contributed by atoms with Crippen molar-refractivity contribution in [2.45, 2.75) is 77.2 Å². The molecule has 0 aromatic carbocycles. The van der Waals surface area contributed by atoms with E-state index in [1.165, 1.54) is 6.92 Å². The van der Waals surface area contributed by atoms with E-state index in [-0.39, 0.29) is 43.0 Å². The summed E-state index contributed by atoms with van der Waals surface area (Å²) in [5, 5.41) is 15.8. The zero-order valence-corrected chi connectivity index (χ0v) is 16.1. The third kappa shape index (κ3) is 5.90. The Hall–Kier alpha value is -2.19. The van der Waals surface area contributed by atoms with Crippen molar-refractivity contribution in [3.8, 4) is 0 Å². The zero-order valence-electron chi connectivity index (χ0n) is 16.1. The molecule has 0 fully saturated rings. The molecule has 4 N–H and O–H groups in total. The maximum absolute atomic E-state index is 11.6. The Balaban J connectivity index is 2.23. The van der Waals surface area contributed by atoms with Crippen molar-refractivity contribution in [2.75, 3.05) is 0 Å². The lowest BCUT2D eigenvalue weighted by Gasteiger charge is -2.36. The largest absolute Gasteiger partial charge is 0.481 e. The first-order valence-corrected chi connectivity index (χ1v) is 9.40. The summed E-state index contributed by atoms with van der Waals surface area (Å²) in [6.07, 6.45) is 4.15. The molecule has 0 bridgehead atoms. The fourth-order valence-corrected chi connectivity index (χ4v) is 3.25. The number of hydrogen-bond acceptors (Lipinski definition) is 6. The van der Waals surface area contributed by atoms with E-state index in [9.17, 15) is 9.59 Å². The average Bonchev–Trinajstić information content (AvgIpc) is 3.09. The summed E-state index contributed by atoms with van der Waals surface area (Å²) < 4.78 is 11.5. The van der Waals surface area contributed by atoms with Gasteiger partial charge in [-0.3, -0.25) is 9.59 Å². The minimum atomic E-state index is -0.886. The number of amides is 1. The molecule has 1 amide bonds.